The second-order valence-corrected chi connectivity index (χ2v) is 4.28. The number of esters is 1. The van der Waals surface area contributed by atoms with E-state index in [1.807, 2.05) is 0 Å². The molecule has 2 N–H and O–H groups in total. The summed E-state index contributed by atoms with van der Waals surface area (Å²) in [5.74, 6) is -0.730. The van der Waals surface area contributed by atoms with E-state index < -0.39 is 5.97 Å². The van der Waals surface area contributed by atoms with Crippen molar-refractivity contribution in [3.05, 3.63) is 65.0 Å². The minimum atomic E-state index is -0.415. The number of hydrogen-bond acceptors (Lipinski definition) is 3. The van der Waals surface area contributed by atoms with Crippen LogP contribution in [0.5, 0.6) is 0 Å². The minimum absolute atomic E-state index is 0.114. The fourth-order valence-corrected chi connectivity index (χ4v) is 1.72. The molecule has 0 fully saturated rings. The van der Waals surface area contributed by atoms with E-state index in [-0.39, 0.29) is 12.4 Å². The minimum Gasteiger partial charge on any atom is -0.457 e. The van der Waals surface area contributed by atoms with Crippen LogP contribution in [0.1, 0.15) is 21.5 Å². The van der Waals surface area contributed by atoms with Crippen molar-refractivity contribution in [2.24, 2.45) is 0 Å². The van der Waals surface area contributed by atoms with Crippen LogP contribution in [0.3, 0.4) is 0 Å². The molecule has 0 aromatic heterocycles. The van der Waals surface area contributed by atoms with Gasteiger partial charge in [-0.3, -0.25) is 0 Å². The summed E-state index contributed by atoms with van der Waals surface area (Å²) in [7, 11) is 0. The number of aryl methyl sites for hydroxylation is 1. The Morgan fingerprint density at radius 2 is 1.89 bits per heavy atom. The molecule has 19 heavy (non-hydrogen) atoms. The van der Waals surface area contributed by atoms with Crippen LogP contribution >= 0.6 is 0 Å². The van der Waals surface area contributed by atoms with E-state index in [0.29, 0.717) is 11.3 Å². The van der Waals surface area contributed by atoms with Crippen molar-refractivity contribution in [2.45, 2.75) is 13.5 Å². The van der Waals surface area contributed by atoms with Crippen molar-refractivity contribution in [1.82, 2.24) is 0 Å². The fraction of sp³-hybridized carbons (Fsp3) is 0.133. The third kappa shape index (κ3) is 3.31. The second-order valence-electron chi connectivity index (χ2n) is 4.28. The zero-order chi connectivity index (χ0) is 13.8. The highest BCUT2D eigenvalue weighted by atomic mass is 19.1. The van der Waals surface area contributed by atoms with Crippen LogP contribution in [-0.4, -0.2) is 5.97 Å². The highest BCUT2D eigenvalue weighted by molar-refractivity contribution is 5.91. The van der Waals surface area contributed by atoms with Crippen molar-refractivity contribution in [1.29, 1.82) is 0 Å². The fourth-order valence-electron chi connectivity index (χ4n) is 1.72. The van der Waals surface area contributed by atoms with E-state index >= 15 is 0 Å². The molecule has 2 rings (SSSR count). The number of halogens is 1. The van der Waals surface area contributed by atoms with Gasteiger partial charge in [0.15, 0.2) is 0 Å². The number of carbonyl (C=O) groups is 1. The molecule has 3 nitrogen and oxygen atoms in total. The SMILES string of the molecule is Cc1cc(N)ccc1C(=O)OCc1ccc(F)cc1. The van der Waals surface area contributed by atoms with Crippen LogP contribution in [0.2, 0.25) is 0 Å². The van der Waals surface area contributed by atoms with Gasteiger partial charge in [0, 0.05) is 5.69 Å². The molecule has 0 aliphatic heterocycles. The summed E-state index contributed by atoms with van der Waals surface area (Å²) in [5.41, 5.74) is 8.21. The van der Waals surface area contributed by atoms with Crippen LogP contribution in [0.15, 0.2) is 42.5 Å². The summed E-state index contributed by atoms with van der Waals surface area (Å²) in [5, 5.41) is 0. The smallest absolute Gasteiger partial charge is 0.338 e. The van der Waals surface area contributed by atoms with Crippen LogP contribution < -0.4 is 5.73 Å². The summed E-state index contributed by atoms with van der Waals surface area (Å²) in [6.07, 6.45) is 0. The highest BCUT2D eigenvalue weighted by Gasteiger charge is 2.10. The zero-order valence-electron chi connectivity index (χ0n) is 10.5. The number of hydrogen-bond donors (Lipinski definition) is 1. The van der Waals surface area contributed by atoms with Gasteiger partial charge < -0.3 is 10.5 Å². The first-order valence-corrected chi connectivity index (χ1v) is 5.84. The summed E-state index contributed by atoms with van der Waals surface area (Å²) in [6.45, 7) is 1.91. The molecule has 0 heterocycles. The van der Waals surface area contributed by atoms with Gasteiger partial charge in [0.25, 0.3) is 0 Å². The molecule has 0 saturated carbocycles. The second kappa shape index (κ2) is 5.52. The average Bonchev–Trinajstić information content (AvgIpc) is 2.37. The van der Waals surface area contributed by atoms with Crippen molar-refractivity contribution in [3.8, 4) is 0 Å². The lowest BCUT2D eigenvalue weighted by molar-refractivity contribution is 0.0472. The Kier molecular flexibility index (Phi) is 3.80. The van der Waals surface area contributed by atoms with Crippen molar-refractivity contribution < 1.29 is 13.9 Å². The first-order valence-electron chi connectivity index (χ1n) is 5.84. The van der Waals surface area contributed by atoms with Crippen LogP contribution in [0.25, 0.3) is 0 Å². The molecule has 2 aromatic rings. The van der Waals surface area contributed by atoms with Crippen molar-refractivity contribution >= 4 is 11.7 Å². The Hall–Kier alpha value is -2.36. The number of carbonyl (C=O) groups excluding carboxylic acids is 1. The highest BCUT2D eigenvalue weighted by Crippen LogP contribution is 2.14. The van der Waals surface area contributed by atoms with Crippen molar-refractivity contribution in [2.75, 3.05) is 5.73 Å². The summed E-state index contributed by atoms with van der Waals surface area (Å²) in [4.78, 5) is 11.9. The Morgan fingerprint density at radius 3 is 2.53 bits per heavy atom. The Bertz CT molecular complexity index is 594. The molecule has 0 spiro atoms. The summed E-state index contributed by atoms with van der Waals surface area (Å²) in [6, 6.07) is 10.8. The van der Waals surface area contributed by atoms with E-state index in [4.69, 9.17) is 10.5 Å². The van der Waals surface area contributed by atoms with E-state index in [0.717, 1.165) is 11.1 Å². The molecule has 0 amide bonds. The molecule has 0 bridgehead atoms. The number of nitrogens with two attached hydrogens (primary N) is 1. The van der Waals surface area contributed by atoms with Gasteiger partial charge in [0.1, 0.15) is 12.4 Å². The maximum Gasteiger partial charge on any atom is 0.338 e. The van der Waals surface area contributed by atoms with E-state index in [1.54, 1.807) is 37.3 Å². The predicted octanol–water partition coefficient (Wildman–Crippen LogP) is 3.07. The normalized spacial score (nSPS) is 10.2. The van der Waals surface area contributed by atoms with Gasteiger partial charge in [0.2, 0.25) is 0 Å². The molecular formula is C15H14FNO2. The summed E-state index contributed by atoms with van der Waals surface area (Å²) < 4.78 is 17.9. The van der Waals surface area contributed by atoms with Crippen molar-refractivity contribution in [3.63, 3.8) is 0 Å². The molecule has 0 atom stereocenters. The lowest BCUT2D eigenvalue weighted by atomic mass is 10.1. The Morgan fingerprint density at radius 1 is 1.21 bits per heavy atom. The lowest BCUT2D eigenvalue weighted by Crippen LogP contribution is -2.07. The van der Waals surface area contributed by atoms with Gasteiger partial charge >= 0.3 is 5.97 Å². The standard InChI is InChI=1S/C15H14FNO2/c1-10-8-13(17)6-7-14(10)15(18)19-9-11-2-4-12(16)5-3-11/h2-8H,9,17H2,1H3. The van der Waals surface area contributed by atoms with Gasteiger partial charge in [-0.25, -0.2) is 9.18 Å². The molecular weight excluding hydrogens is 245 g/mol. The van der Waals surface area contributed by atoms with Gasteiger partial charge in [-0.15, -0.1) is 0 Å². The number of rotatable bonds is 3. The quantitative estimate of drug-likeness (QED) is 0.680. The molecule has 0 aliphatic rings. The van der Waals surface area contributed by atoms with Gasteiger partial charge in [0.05, 0.1) is 5.56 Å². The zero-order valence-corrected chi connectivity index (χ0v) is 10.5. The molecule has 0 radical (unpaired) electrons. The molecule has 4 heteroatoms. The first kappa shape index (κ1) is 13.1. The van der Waals surface area contributed by atoms with Crippen LogP contribution in [0, 0.1) is 12.7 Å². The van der Waals surface area contributed by atoms with E-state index in [9.17, 15) is 9.18 Å². The van der Waals surface area contributed by atoms with Gasteiger partial charge in [-0.05, 0) is 48.4 Å². The van der Waals surface area contributed by atoms with Gasteiger partial charge in [-0.1, -0.05) is 12.1 Å². The number of anilines is 1. The van der Waals surface area contributed by atoms with E-state index in [2.05, 4.69) is 0 Å². The van der Waals surface area contributed by atoms with E-state index in [1.165, 1.54) is 12.1 Å². The third-order valence-electron chi connectivity index (χ3n) is 2.75. The Balaban J connectivity index is 2.03. The number of ether oxygens (including phenoxy) is 1. The average molecular weight is 259 g/mol. The number of benzene rings is 2. The molecule has 98 valence electrons. The maximum atomic E-state index is 12.7. The molecule has 0 saturated heterocycles. The molecule has 0 unspecified atom stereocenters. The van der Waals surface area contributed by atoms with Crippen LogP contribution in [0.4, 0.5) is 10.1 Å². The monoisotopic (exact) mass is 259 g/mol. The maximum absolute atomic E-state index is 12.7. The third-order valence-corrected chi connectivity index (χ3v) is 2.75. The first-order chi connectivity index (χ1) is 9.06. The lowest BCUT2D eigenvalue weighted by Gasteiger charge is -2.07. The summed E-state index contributed by atoms with van der Waals surface area (Å²) >= 11 is 0. The molecule has 0 aliphatic carbocycles. The molecule has 2 aromatic carbocycles. The predicted molar refractivity (Wildman–Crippen MR) is 71.1 cm³/mol. The number of nitrogen functional groups attached to an aromatic ring is 1. The van der Waals surface area contributed by atoms with Gasteiger partial charge in [-0.2, -0.15) is 0 Å². The topological polar surface area (TPSA) is 52.3 Å². The van der Waals surface area contributed by atoms with Crippen LogP contribution in [-0.2, 0) is 11.3 Å². The largest absolute Gasteiger partial charge is 0.457 e. The Labute approximate surface area is 110 Å².